The molecule has 0 spiro atoms. The minimum Gasteiger partial charge on any atom is -0.384 e. The molecular formula is C23H22FNO2. The van der Waals surface area contributed by atoms with Crippen molar-refractivity contribution >= 4 is 5.91 Å². The van der Waals surface area contributed by atoms with Crippen LogP contribution in [-0.2, 0) is 16.8 Å². The van der Waals surface area contributed by atoms with Crippen LogP contribution in [0.15, 0.2) is 78.9 Å². The summed E-state index contributed by atoms with van der Waals surface area (Å²) in [6.45, 7) is 1.76. The monoisotopic (exact) mass is 363 g/mol. The number of amides is 1. The van der Waals surface area contributed by atoms with Gasteiger partial charge in [-0.2, -0.15) is 0 Å². The van der Waals surface area contributed by atoms with Crippen molar-refractivity contribution in [2.24, 2.45) is 0 Å². The number of hydrogen-bond donors (Lipinski definition) is 2. The third-order valence-electron chi connectivity index (χ3n) is 4.52. The molecule has 0 unspecified atom stereocenters. The van der Waals surface area contributed by atoms with E-state index in [2.05, 4.69) is 5.32 Å². The molecule has 0 heterocycles. The van der Waals surface area contributed by atoms with Crippen molar-refractivity contribution in [3.8, 4) is 11.1 Å². The minimum atomic E-state index is -1.19. The van der Waals surface area contributed by atoms with Crippen LogP contribution in [-0.4, -0.2) is 17.6 Å². The standard InChI is InChI=1S/C23H22FNO2/c1-23(27,16-25-22(26)15-17-7-13-21(24)14-8-17)20-11-9-19(10-12-20)18-5-3-2-4-6-18/h2-14,27H,15-16H2,1H3,(H,25,26)/t23-/m1/s1. The second-order valence-corrected chi connectivity index (χ2v) is 6.80. The maximum atomic E-state index is 12.9. The Kier molecular flexibility index (Phi) is 5.67. The molecule has 0 saturated heterocycles. The van der Waals surface area contributed by atoms with Crippen LogP contribution < -0.4 is 5.32 Å². The lowest BCUT2D eigenvalue weighted by atomic mass is 9.93. The predicted octanol–water partition coefficient (Wildman–Crippen LogP) is 4.06. The molecule has 3 nitrogen and oxygen atoms in total. The molecule has 0 bridgehead atoms. The van der Waals surface area contributed by atoms with Gasteiger partial charge in [-0.1, -0.05) is 66.7 Å². The molecule has 0 radical (unpaired) electrons. The first-order valence-electron chi connectivity index (χ1n) is 8.83. The lowest BCUT2D eigenvalue weighted by Crippen LogP contribution is -2.39. The van der Waals surface area contributed by atoms with Crippen molar-refractivity contribution in [3.05, 3.63) is 95.8 Å². The van der Waals surface area contributed by atoms with E-state index in [0.717, 1.165) is 22.3 Å². The van der Waals surface area contributed by atoms with Crippen molar-refractivity contribution < 1.29 is 14.3 Å². The summed E-state index contributed by atoms with van der Waals surface area (Å²) in [6.07, 6.45) is 0.142. The van der Waals surface area contributed by atoms with Gasteiger partial charge in [-0.3, -0.25) is 4.79 Å². The number of halogens is 1. The van der Waals surface area contributed by atoms with Crippen molar-refractivity contribution in [2.45, 2.75) is 18.9 Å². The zero-order chi connectivity index (χ0) is 19.3. The Hall–Kier alpha value is -2.98. The zero-order valence-electron chi connectivity index (χ0n) is 15.2. The van der Waals surface area contributed by atoms with Crippen molar-refractivity contribution in [1.29, 1.82) is 0 Å². The Balaban J connectivity index is 1.60. The number of nitrogens with one attached hydrogen (secondary N) is 1. The summed E-state index contributed by atoms with van der Waals surface area (Å²) in [6, 6.07) is 23.5. The summed E-state index contributed by atoms with van der Waals surface area (Å²) in [4.78, 5) is 12.1. The Morgan fingerprint density at radius 3 is 2.15 bits per heavy atom. The molecule has 4 heteroatoms. The summed E-state index contributed by atoms with van der Waals surface area (Å²) >= 11 is 0. The van der Waals surface area contributed by atoms with E-state index >= 15 is 0 Å². The van der Waals surface area contributed by atoms with Gasteiger partial charge in [-0.25, -0.2) is 4.39 Å². The molecule has 0 aliphatic heterocycles. The average Bonchev–Trinajstić information content (AvgIpc) is 2.69. The lowest BCUT2D eigenvalue weighted by molar-refractivity contribution is -0.121. The summed E-state index contributed by atoms with van der Waals surface area (Å²) in [5.74, 6) is -0.552. The van der Waals surface area contributed by atoms with Crippen LogP contribution in [0.2, 0.25) is 0 Å². The van der Waals surface area contributed by atoms with Crippen LogP contribution in [0.3, 0.4) is 0 Å². The fraction of sp³-hybridized carbons (Fsp3) is 0.174. The number of carbonyl (C=O) groups is 1. The van der Waals surface area contributed by atoms with E-state index < -0.39 is 5.60 Å². The van der Waals surface area contributed by atoms with Gasteiger partial charge in [-0.05, 0) is 41.3 Å². The Morgan fingerprint density at radius 2 is 1.52 bits per heavy atom. The third kappa shape index (κ3) is 5.02. The normalized spacial score (nSPS) is 13.0. The van der Waals surface area contributed by atoms with Gasteiger partial charge in [0.05, 0.1) is 13.0 Å². The van der Waals surface area contributed by atoms with E-state index in [1.54, 1.807) is 19.1 Å². The minimum absolute atomic E-state index is 0.0950. The highest BCUT2D eigenvalue weighted by molar-refractivity contribution is 5.78. The van der Waals surface area contributed by atoms with Crippen molar-refractivity contribution in [1.82, 2.24) is 5.32 Å². The Bertz CT molecular complexity index is 888. The first kappa shape index (κ1) is 18.8. The second kappa shape index (κ2) is 8.14. The topological polar surface area (TPSA) is 49.3 Å². The predicted molar refractivity (Wildman–Crippen MR) is 105 cm³/mol. The number of rotatable bonds is 6. The molecule has 3 aromatic rings. The van der Waals surface area contributed by atoms with Crippen LogP contribution in [0.5, 0.6) is 0 Å². The summed E-state index contributed by atoms with van der Waals surface area (Å²) in [7, 11) is 0. The highest BCUT2D eigenvalue weighted by Gasteiger charge is 2.23. The molecular weight excluding hydrogens is 341 g/mol. The van der Waals surface area contributed by atoms with Gasteiger partial charge in [0.1, 0.15) is 11.4 Å². The van der Waals surface area contributed by atoms with Gasteiger partial charge in [0, 0.05) is 0 Å². The van der Waals surface area contributed by atoms with Gasteiger partial charge in [0.25, 0.3) is 0 Å². The lowest BCUT2D eigenvalue weighted by Gasteiger charge is -2.24. The average molecular weight is 363 g/mol. The highest BCUT2D eigenvalue weighted by atomic mass is 19.1. The maximum absolute atomic E-state index is 12.9. The molecule has 1 atom stereocenters. The van der Waals surface area contributed by atoms with E-state index in [0.29, 0.717) is 0 Å². The van der Waals surface area contributed by atoms with Crippen LogP contribution in [0, 0.1) is 5.82 Å². The highest BCUT2D eigenvalue weighted by Crippen LogP contribution is 2.24. The molecule has 1 amide bonds. The van der Waals surface area contributed by atoms with E-state index in [9.17, 15) is 14.3 Å². The fourth-order valence-electron chi connectivity index (χ4n) is 2.88. The molecule has 0 aliphatic rings. The van der Waals surface area contributed by atoms with E-state index in [1.807, 2.05) is 54.6 Å². The van der Waals surface area contributed by atoms with E-state index in [1.165, 1.54) is 12.1 Å². The molecule has 0 fully saturated rings. The molecule has 0 aliphatic carbocycles. The first-order chi connectivity index (χ1) is 12.9. The largest absolute Gasteiger partial charge is 0.384 e. The van der Waals surface area contributed by atoms with Crippen molar-refractivity contribution in [2.75, 3.05) is 6.54 Å². The number of carbonyl (C=O) groups excluding carboxylic acids is 1. The van der Waals surface area contributed by atoms with Crippen LogP contribution in [0.25, 0.3) is 11.1 Å². The number of benzene rings is 3. The van der Waals surface area contributed by atoms with Gasteiger partial charge >= 0.3 is 0 Å². The van der Waals surface area contributed by atoms with Crippen LogP contribution in [0.1, 0.15) is 18.1 Å². The van der Waals surface area contributed by atoms with Crippen LogP contribution in [0.4, 0.5) is 4.39 Å². The van der Waals surface area contributed by atoms with Crippen LogP contribution >= 0.6 is 0 Å². The fourth-order valence-corrected chi connectivity index (χ4v) is 2.88. The van der Waals surface area contributed by atoms with Gasteiger partial charge < -0.3 is 10.4 Å². The van der Waals surface area contributed by atoms with Crippen molar-refractivity contribution in [3.63, 3.8) is 0 Å². The molecule has 3 rings (SSSR count). The maximum Gasteiger partial charge on any atom is 0.224 e. The quantitative estimate of drug-likeness (QED) is 0.694. The first-order valence-corrected chi connectivity index (χ1v) is 8.83. The molecule has 0 saturated carbocycles. The summed E-state index contributed by atoms with van der Waals surface area (Å²) in [5, 5.41) is 13.5. The number of hydrogen-bond acceptors (Lipinski definition) is 2. The summed E-state index contributed by atoms with van der Waals surface area (Å²) in [5.41, 5.74) is 2.44. The van der Waals surface area contributed by atoms with E-state index in [4.69, 9.17) is 0 Å². The van der Waals surface area contributed by atoms with Gasteiger partial charge in [-0.15, -0.1) is 0 Å². The summed E-state index contributed by atoms with van der Waals surface area (Å²) < 4.78 is 12.9. The smallest absolute Gasteiger partial charge is 0.224 e. The molecule has 2 N–H and O–H groups in total. The molecule has 138 valence electrons. The van der Waals surface area contributed by atoms with Gasteiger partial charge in [0.15, 0.2) is 0 Å². The third-order valence-corrected chi connectivity index (χ3v) is 4.52. The Labute approximate surface area is 158 Å². The van der Waals surface area contributed by atoms with E-state index in [-0.39, 0.29) is 24.7 Å². The SMILES string of the molecule is C[C@@](O)(CNC(=O)Cc1ccc(F)cc1)c1ccc(-c2ccccc2)cc1. The Morgan fingerprint density at radius 1 is 0.926 bits per heavy atom. The molecule has 3 aromatic carbocycles. The number of aliphatic hydroxyl groups is 1. The van der Waals surface area contributed by atoms with Gasteiger partial charge in [0.2, 0.25) is 5.91 Å². The molecule has 0 aromatic heterocycles. The molecule has 27 heavy (non-hydrogen) atoms. The zero-order valence-corrected chi connectivity index (χ0v) is 15.2. The second-order valence-electron chi connectivity index (χ2n) is 6.80.